The van der Waals surface area contributed by atoms with Gasteiger partial charge in [-0.15, -0.1) is 0 Å². The number of aryl methyl sites for hydroxylation is 2. The van der Waals surface area contributed by atoms with Crippen LogP contribution in [0.4, 0.5) is 0 Å². The summed E-state index contributed by atoms with van der Waals surface area (Å²) in [6, 6.07) is 6.62. The lowest BCUT2D eigenvalue weighted by molar-refractivity contribution is -0.117. The molecule has 2 nitrogen and oxygen atoms in total. The van der Waals surface area contributed by atoms with Gasteiger partial charge in [-0.3, -0.25) is 4.79 Å². The Morgan fingerprint density at radius 1 is 1.35 bits per heavy atom. The van der Waals surface area contributed by atoms with E-state index in [1.54, 1.807) is 0 Å². The van der Waals surface area contributed by atoms with Gasteiger partial charge in [-0.05, 0) is 55.4 Å². The summed E-state index contributed by atoms with van der Waals surface area (Å²) in [5.74, 6) is -0.116. The van der Waals surface area contributed by atoms with E-state index in [4.69, 9.17) is 0 Å². The fourth-order valence-corrected chi connectivity index (χ4v) is 2.38. The number of fused-ring (bicyclic) bond motifs is 1. The monoisotopic (exact) mass is 229 g/mol. The molecule has 1 aliphatic carbocycles. The average Bonchev–Trinajstić information content (AvgIpc) is 2.38. The minimum Gasteiger partial charge on any atom is -0.346 e. The lowest BCUT2D eigenvalue weighted by Gasteiger charge is -2.19. The van der Waals surface area contributed by atoms with Crippen molar-refractivity contribution >= 4 is 5.91 Å². The highest BCUT2D eigenvalue weighted by Crippen LogP contribution is 2.24. The topological polar surface area (TPSA) is 29.1 Å². The predicted molar refractivity (Wildman–Crippen MR) is 69.8 cm³/mol. The summed E-state index contributed by atoms with van der Waals surface area (Å²) in [4.78, 5) is 11.3. The van der Waals surface area contributed by atoms with Crippen molar-refractivity contribution in [3.8, 4) is 0 Å². The van der Waals surface area contributed by atoms with Crippen molar-refractivity contribution in [1.82, 2.24) is 5.32 Å². The van der Waals surface area contributed by atoms with Gasteiger partial charge in [0, 0.05) is 0 Å². The molecule has 1 aromatic carbocycles. The summed E-state index contributed by atoms with van der Waals surface area (Å²) in [6.07, 6.45) is 6.27. The fraction of sp³-hybridized carbons (Fsp3) is 0.400. The van der Waals surface area contributed by atoms with Crippen LogP contribution >= 0.6 is 0 Å². The van der Waals surface area contributed by atoms with Crippen LogP contribution in [-0.2, 0) is 17.6 Å². The van der Waals surface area contributed by atoms with E-state index in [0.717, 1.165) is 0 Å². The minimum absolute atomic E-state index is 0.0488. The van der Waals surface area contributed by atoms with Crippen LogP contribution in [0.5, 0.6) is 0 Å². The van der Waals surface area contributed by atoms with Crippen molar-refractivity contribution in [2.45, 2.75) is 38.6 Å². The molecule has 2 heteroatoms. The molecule has 90 valence electrons. The lowest BCUT2D eigenvalue weighted by atomic mass is 9.89. The molecule has 1 N–H and O–H groups in total. The van der Waals surface area contributed by atoms with Gasteiger partial charge in [-0.1, -0.05) is 24.8 Å². The molecule has 0 saturated carbocycles. The first kappa shape index (κ1) is 11.9. The predicted octanol–water partition coefficient (Wildman–Crippen LogP) is 2.93. The van der Waals surface area contributed by atoms with Crippen LogP contribution in [0.2, 0.25) is 0 Å². The zero-order valence-corrected chi connectivity index (χ0v) is 10.3. The van der Waals surface area contributed by atoms with Gasteiger partial charge >= 0.3 is 0 Å². The van der Waals surface area contributed by atoms with Crippen molar-refractivity contribution in [3.05, 3.63) is 47.5 Å². The van der Waals surface area contributed by atoms with Crippen molar-refractivity contribution in [1.29, 1.82) is 0 Å². The van der Waals surface area contributed by atoms with Crippen molar-refractivity contribution in [2.24, 2.45) is 0 Å². The Hall–Kier alpha value is -1.57. The minimum atomic E-state index is -0.116. The number of benzene rings is 1. The van der Waals surface area contributed by atoms with E-state index >= 15 is 0 Å². The largest absolute Gasteiger partial charge is 0.346 e. The Kier molecular flexibility index (Phi) is 3.62. The van der Waals surface area contributed by atoms with Crippen LogP contribution in [0.1, 0.15) is 42.5 Å². The van der Waals surface area contributed by atoms with Crippen molar-refractivity contribution < 1.29 is 4.79 Å². The number of carbonyl (C=O) groups excluding carboxylic acids is 1. The SMILES string of the molecule is C=CC(=O)N[C@@H](C)c1ccc2c(c1)CCCC2. The van der Waals surface area contributed by atoms with Crippen LogP contribution in [0.3, 0.4) is 0 Å². The molecule has 0 fully saturated rings. The van der Waals surface area contributed by atoms with Crippen LogP contribution in [0.25, 0.3) is 0 Å². The third-order valence-electron chi connectivity index (χ3n) is 3.42. The quantitative estimate of drug-likeness (QED) is 0.793. The van der Waals surface area contributed by atoms with E-state index in [9.17, 15) is 4.79 Å². The molecule has 1 aromatic rings. The standard InChI is InChI=1S/C15H19NO/c1-3-15(17)16-11(2)13-9-8-12-6-4-5-7-14(12)10-13/h3,8-11H,1,4-7H2,2H3,(H,16,17)/t11-/m0/s1. The van der Waals surface area contributed by atoms with Crippen LogP contribution in [0.15, 0.2) is 30.9 Å². The zero-order chi connectivity index (χ0) is 12.3. The van der Waals surface area contributed by atoms with E-state index in [-0.39, 0.29) is 11.9 Å². The van der Waals surface area contributed by atoms with Gasteiger partial charge in [0.2, 0.25) is 5.91 Å². The Bertz CT molecular complexity index is 437. The molecule has 0 saturated heterocycles. The molecule has 0 aliphatic heterocycles. The molecule has 1 atom stereocenters. The third-order valence-corrected chi connectivity index (χ3v) is 3.42. The molecule has 1 aliphatic rings. The zero-order valence-electron chi connectivity index (χ0n) is 10.3. The molecule has 0 spiro atoms. The Morgan fingerprint density at radius 3 is 2.76 bits per heavy atom. The van der Waals surface area contributed by atoms with Gasteiger partial charge in [0.05, 0.1) is 6.04 Å². The Balaban J connectivity index is 2.15. The second-order valence-corrected chi connectivity index (χ2v) is 4.67. The van der Waals surface area contributed by atoms with Gasteiger partial charge in [0.15, 0.2) is 0 Å². The molecule has 17 heavy (non-hydrogen) atoms. The lowest BCUT2D eigenvalue weighted by Crippen LogP contribution is -2.24. The normalized spacial score (nSPS) is 15.8. The highest BCUT2D eigenvalue weighted by molar-refractivity contribution is 5.87. The Morgan fingerprint density at radius 2 is 2.06 bits per heavy atom. The van der Waals surface area contributed by atoms with Crippen LogP contribution in [0, 0.1) is 0 Å². The van der Waals surface area contributed by atoms with E-state index in [2.05, 4.69) is 30.1 Å². The summed E-state index contributed by atoms with van der Waals surface area (Å²) >= 11 is 0. The highest BCUT2D eigenvalue weighted by atomic mass is 16.1. The van der Waals surface area contributed by atoms with Crippen molar-refractivity contribution in [3.63, 3.8) is 0 Å². The first-order valence-corrected chi connectivity index (χ1v) is 6.25. The first-order chi connectivity index (χ1) is 8.20. The number of nitrogens with one attached hydrogen (secondary N) is 1. The maximum absolute atomic E-state index is 11.3. The summed E-state index contributed by atoms with van der Waals surface area (Å²) in [6.45, 7) is 5.47. The maximum Gasteiger partial charge on any atom is 0.243 e. The van der Waals surface area contributed by atoms with Crippen LogP contribution < -0.4 is 5.32 Å². The molecule has 1 amide bonds. The molecular weight excluding hydrogens is 210 g/mol. The first-order valence-electron chi connectivity index (χ1n) is 6.25. The summed E-state index contributed by atoms with van der Waals surface area (Å²) in [5, 5.41) is 2.90. The second kappa shape index (κ2) is 5.17. The average molecular weight is 229 g/mol. The van der Waals surface area contributed by atoms with Gasteiger partial charge in [0.1, 0.15) is 0 Å². The van der Waals surface area contributed by atoms with Gasteiger partial charge < -0.3 is 5.32 Å². The summed E-state index contributed by atoms with van der Waals surface area (Å²) in [7, 11) is 0. The highest BCUT2D eigenvalue weighted by Gasteiger charge is 2.12. The van der Waals surface area contributed by atoms with E-state index in [0.29, 0.717) is 0 Å². The van der Waals surface area contributed by atoms with Gasteiger partial charge in [-0.2, -0.15) is 0 Å². The number of carbonyl (C=O) groups is 1. The summed E-state index contributed by atoms with van der Waals surface area (Å²) in [5.41, 5.74) is 4.11. The number of hydrogen-bond donors (Lipinski definition) is 1. The molecule has 0 aromatic heterocycles. The molecule has 2 rings (SSSR count). The van der Waals surface area contributed by atoms with Gasteiger partial charge in [-0.25, -0.2) is 0 Å². The van der Waals surface area contributed by atoms with E-state index < -0.39 is 0 Å². The number of hydrogen-bond acceptors (Lipinski definition) is 1. The molecule has 0 unspecified atom stereocenters. The van der Waals surface area contributed by atoms with E-state index in [1.165, 1.54) is 48.4 Å². The van der Waals surface area contributed by atoms with Crippen molar-refractivity contribution in [2.75, 3.05) is 0 Å². The second-order valence-electron chi connectivity index (χ2n) is 4.67. The maximum atomic E-state index is 11.3. The fourth-order valence-electron chi connectivity index (χ4n) is 2.38. The molecule has 0 radical (unpaired) electrons. The smallest absolute Gasteiger partial charge is 0.243 e. The molecule has 0 heterocycles. The Labute approximate surface area is 103 Å². The van der Waals surface area contributed by atoms with Crippen LogP contribution in [-0.4, -0.2) is 5.91 Å². The molecule has 0 bridgehead atoms. The van der Waals surface area contributed by atoms with E-state index in [1.807, 2.05) is 6.92 Å². The summed E-state index contributed by atoms with van der Waals surface area (Å²) < 4.78 is 0. The molecular formula is C15H19NO. The third kappa shape index (κ3) is 2.76. The van der Waals surface area contributed by atoms with Gasteiger partial charge in [0.25, 0.3) is 0 Å². The number of rotatable bonds is 3. The number of amides is 1.